The number of carbonyl (C=O) groups is 3. The number of ketones is 3. The fourth-order valence-electron chi connectivity index (χ4n) is 4.21. The van der Waals surface area contributed by atoms with Gasteiger partial charge >= 0.3 is 0 Å². The summed E-state index contributed by atoms with van der Waals surface area (Å²) >= 11 is 3.06. The molecule has 0 radical (unpaired) electrons. The molecule has 6 aromatic rings. The molecular weight excluding hydrogens is 732 g/mol. The Bertz CT molecular complexity index is 2090. The van der Waals surface area contributed by atoms with Crippen molar-refractivity contribution >= 4 is 33.3 Å². The Labute approximate surface area is 300 Å². The van der Waals surface area contributed by atoms with Crippen molar-refractivity contribution in [3.8, 4) is 11.4 Å². The molecule has 0 fully saturated rings. The van der Waals surface area contributed by atoms with Crippen LogP contribution in [0.5, 0.6) is 0 Å². The molecule has 0 aliphatic rings. The highest BCUT2D eigenvalue weighted by atomic mass is 79.9. The van der Waals surface area contributed by atoms with E-state index < -0.39 is 23.3 Å². The van der Waals surface area contributed by atoms with E-state index >= 15 is 0 Å². The Balaban J connectivity index is 0.000000193. The van der Waals surface area contributed by atoms with Crippen molar-refractivity contribution in [2.45, 2.75) is 41.0 Å². The monoisotopic (exact) mass is 766 g/mol. The Kier molecular flexibility index (Phi) is 14.9. The molecule has 9 nitrogen and oxygen atoms in total. The fourth-order valence-corrected chi connectivity index (χ4v) is 4.53. The maximum atomic E-state index is 13.8. The van der Waals surface area contributed by atoms with Gasteiger partial charge < -0.3 is 14.1 Å². The Morgan fingerprint density at radius 3 is 1.57 bits per heavy atom. The van der Waals surface area contributed by atoms with E-state index in [9.17, 15) is 31.9 Å². The minimum atomic E-state index is -0.977. The van der Waals surface area contributed by atoms with Crippen LogP contribution >= 0.6 is 15.9 Å². The van der Waals surface area contributed by atoms with Crippen molar-refractivity contribution in [3.05, 3.63) is 149 Å². The highest BCUT2D eigenvalue weighted by Gasteiger charge is 2.11. The van der Waals surface area contributed by atoms with Crippen molar-refractivity contribution < 1.29 is 31.9 Å². The number of H-pyrrole nitrogens is 1. The van der Waals surface area contributed by atoms with Crippen LogP contribution < -0.4 is 0 Å². The molecule has 0 spiro atoms. The van der Waals surface area contributed by atoms with Crippen LogP contribution in [0.25, 0.3) is 11.4 Å². The molecule has 266 valence electrons. The number of imidazole rings is 3. The number of Topliss-reactive ketones (excluding diaryl/α,β-unsaturated/α-hetero) is 3. The predicted octanol–water partition coefficient (Wildman–Crippen LogP) is 8.70. The van der Waals surface area contributed by atoms with Crippen molar-refractivity contribution in [1.29, 1.82) is 0 Å². The summed E-state index contributed by atoms with van der Waals surface area (Å²) in [5, 5.41) is 0.190. The number of carbonyl (C=O) groups excluding carboxylic acids is 3. The number of hydrogen-bond donors (Lipinski definition) is 1. The number of hydrogen-bond acceptors (Lipinski definition) is 6. The molecule has 0 bridgehead atoms. The third-order valence-corrected chi connectivity index (χ3v) is 7.43. The number of aromatic amines is 1. The van der Waals surface area contributed by atoms with Crippen LogP contribution in [0.15, 0.2) is 92.2 Å². The number of halogens is 5. The fraction of sp³-hybridized carbons (Fsp3) is 0.189. The van der Waals surface area contributed by atoms with Crippen molar-refractivity contribution in [2.75, 3.05) is 5.33 Å². The molecule has 0 aliphatic carbocycles. The molecule has 0 unspecified atom stereocenters. The number of nitrogens with zero attached hydrogens (tertiary/aromatic N) is 5. The van der Waals surface area contributed by atoms with Crippen LogP contribution in [0, 0.1) is 44.0 Å². The van der Waals surface area contributed by atoms with Gasteiger partial charge in [-0.15, -0.1) is 0 Å². The molecule has 0 amide bonds. The summed E-state index contributed by atoms with van der Waals surface area (Å²) < 4.78 is 55.6. The smallest absolute Gasteiger partial charge is 0.173 e. The van der Waals surface area contributed by atoms with Gasteiger partial charge in [-0.05, 0) is 82.3 Å². The van der Waals surface area contributed by atoms with Crippen molar-refractivity contribution in [2.24, 2.45) is 0 Å². The lowest BCUT2D eigenvalue weighted by atomic mass is 10.1. The van der Waals surface area contributed by atoms with Crippen LogP contribution in [0.4, 0.5) is 17.6 Å². The summed E-state index contributed by atoms with van der Waals surface area (Å²) in [5.74, 6) is -3.24. The molecule has 3 aromatic heterocycles. The van der Waals surface area contributed by atoms with E-state index in [0.29, 0.717) is 28.9 Å². The zero-order valence-corrected chi connectivity index (χ0v) is 30.0. The molecule has 0 atom stereocenters. The Hall–Kier alpha value is -5.50. The van der Waals surface area contributed by atoms with Gasteiger partial charge in [0.15, 0.2) is 29.0 Å². The first-order valence-electron chi connectivity index (χ1n) is 15.4. The number of nitrogens with one attached hydrogen (secondary N) is 1. The summed E-state index contributed by atoms with van der Waals surface area (Å²) in [5.41, 5.74) is 4.46. The Morgan fingerprint density at radius 2 is 1.20 bits per heavy atom. The van der Waals surface area contributed by atoms with E-state index in [1.165, 1.54) is 25.1 Å². The lowest BCUT2D eigenvalue weighted by molar-refractivity contribution is 0.0984. The third kappa shape index (κ3) is 11.8. The van der Waals surface area contributed by atoms with Gasteiger partial charge in [0.2, 0.25) is 0 Å². The number of rotatable bonds is 7. The van der Waals surface area contributed by atoms with Crippen LogP contribution in [0.3, 0.4) is 0 Å². The third-order valence-electron chi connectivity index (χ3n) is 6.92. The molecule has 6 rings (SSSR count). The summed E-state index contributed by atoms with van der Waals surface area (Å²) in [4.78, 5) is 48.1. The minimum absolute atomic E-state index is 0.141. The quantitative estimate of drug-likeness (QED) is 0.0988. The summed E-state index contributed by atoms with van der Waals surface area (Å²) in [7, 11) is 0. The lowest BCUT2D eigenvalue weighted by Gasteiger charge is -2.05. The zero-order valence-electron chi connectivity index (χ0n) is 28.4. The second-order valence-electron chi connectivity index (χ2n) is 10.9. The second kappa shape index (κ2) is 19.0. The molecule has 1 N–H and O–H groups in total. The molecule has 0 saturated carbocycles. The number of aromatic nitrogens is 6. The topological polar surface area (TPSA) is 116 Å². The van der Waals surface area contributed by atoms with E-state index in [1.807, 2.05) is 20.8 Å². The van der Waals surface area contributed by atoms with Crippen molar-refractivity contribution in [1.82, 2.24) is 29.1 Å². The highest BCUT2D eigenvalue weighted by Crippen LogP contribution is 2.18. The molecule has 3 aromatic carbocycles. The average Bonchev–Trinajstić information content (AvgIpc) is 3.88. The van der Waals surface area contributed by atoms with E-state index in [1.54, 1.807) is 77.9 Å². The van der Waals surface area contributed by atoms with Gasteiger partial charge in [0.25, 0.3) is 0 Å². The van der Waals surface area contributed by atoms with E-state index in [2.05, 4.69) is 35.9 Å². The lowest BCUT2D eigenvalue weighted by Crippen LogP contribution is -2.03. The first-order chi connectivity index (χ1) is 24.2. The molecule has 14 heteroatoms. The van der Waals surface area contributed by atoms with Crippen LogP contribution in [-0.2, 0) is 0 Å². The minimum Gasteiger partial charge on any atom is -0.349 e. The van der Waals surface area contributed by atoms with E-state index in [0.717, 1.165) is 29.2 Å². The van der Waals surface area contributed by atoms with Gasteiger partial charge in [-0.3, -0.25) is 14.4 Å². The van der Waals surface area contributed by atoms with Gasteiger partial charge in [0.1, 0.15) is 11.6 Å². The van der Waals surface area contributed by atoms with Gasteiger partial charge in [-0.2, -0.15) is 0 Å². The number of aryl methyl sites for hydroxylation is 3. The average molecular weight is 768 g/mol. The molecule has 51 heavy (non-hydrogen) atoms. The first kappa shape index (κ1) is 39.9. The maximum absolute atomic E-state index is 13.8. The number of benzene rings is 3. The van der Waals surface area contributed by atoms with E-state index in [4.69, 9.17) is 0 Å². The molecule has 0 saturated heterocycles. The summed E-state index contributed by atoms with van der Waals surface area (Å²) in [6, 6.07) is 12.0. The standard InChI is InChI=1S/C12H10BrFN2O.C12H11FN2O.C9H8F2O.C4H6N2/c1-8-6-16(7-15-8)11-3-2-9(4-10(11)14)12(17)5-13;1-8-6-15(7-14-8)12-4-3-10(9(2)16)5-11(12)13;1-2-9(12)6-3-4-7(10)8(11)5-6;1-4-2-5-3-6-4/h2-4,6-7H,5H2,1H3;3-7H,1-2H3;3-5H,2H2,1H3;2-3H,1H3,(H,5,6). The first-order valence-corrected chi connectivity index (χ1v) is 16.5. The van der Waals surface area contributed by atoms with Crippen LogP contribution in [0.1, 0.15) is 68.4 Å². The maximum Gasteiger partial charge on any atom is 0.173 e. The largest absolute Gasteiger partial charge is 0.349 e. The van der Waals surface area contributed by atoms with Crippen molar-refractivity contribution in [3.63, 3.8) is 0 Å². The van der Waals surface area contributed by atoms with Crippen LogP contribution in [0.2, 0.25) is 0 Å². The molecule has 3 heterocycles. The Morgan fingerprint density at radius 1 is 0.706 bits per heavy atom. The highest BCUT2D eigenvalue weighted by molar-refractivity contribution is 9.09. The molecular formula is C37H35BrF4N6O3. The SMILES string of the molecule is CC(=O)c1ccc(-n2cnc(C)c2)c(F)c1.CCC(=O)c1ccc(F)c(F)c1.Cc1cn(-c2ccc(C(=O)CBr)cc2F)cn1.Cc1cnc[nH]1. The van der Waals surface area contributed by atoms with E-state index in [-0.39, 0.29) is 28.2 Å². The zero-order chi connectivity index (χ0) is 37.7. The molecule has 0 aliphatic heterocycles. The van der Waals surface area contributed by atoms with Gasteiger partial charge in [-0.25, -0.2) is 32.5 Å². The van der Waals surface area contributed by atoms with Crippen LogP contribution in [-0.4, -0.2) is 51.7 Å². The van der Waals surface area contributed by atoms with Gasteiger partial charge in [0.05, 0.1) is 47.1 Å². The summed E-state index contributed by atoms with van der Waals surface area (Å²) in [6.07, 6.45) is 10.3. The normalized spacial score (nSPS) is 10.2. The number of alkyl halides is 1. The summed E-state index contributed by atoms with van der Waals surface area (Å²) in [6.45, 7) is 8.71. The predicted molar refractivity (Wildman–Crippen MR) is 189 cm³/mol. The van der Waals surface area contributed by atoms with Gasteiger partial charge in [-0.1, -0.05) is 22.9 Å². The second-order valence-corrected chi connectivity index (χ2v) is 11.5. The van der Waals surface area contributed by atoms with Gasteiger partial charge in [0, 0.05) is 47.4 Å².